The summed E-state index contributed by atoms with van der Waals surface area (Å²) in [4.78, 5) is 14.3. The number of anilines is 1. The van der Waals surface area contributed by atoms with Crippen molar-refractivity contribution in [3.8, 4) is 0 Å². The van der Waals surface area contributed by atoms with E-state index in [2.05, 4.69) is 34.3 Å². The number of benzene rings is 1. The highest BCUT2D eigenvalue weighted by Gasteiger charge is 2.42. The number of hydrogen-bond donors (Lipinski definition) is 1. The van der Waals surface area contributed by atoms with E-state index in [1.54, 1.807) is 23.5 Å². The van der Waals surface area contributed by atoms with Gasteiger partial charge in [0.1, 0.15) is 5.71 Å². The molecule has 1 aromatic carbocycles. The van der Waals surface area contributed by atoms with Crippen LogP contribution in [0.2, 0.25) is 10.0 Å². The molecule has 2 unspecified atom stereocenters. The van der Waals surface area contributed by atoms with Gasteiger partial charge in [0.2, 0.25) is 0 Å². The number of nitrogens with zero attached hydrogens (tertiary/aromatic N) is 3. The molecule has 0 spiro atoms. The highest BCUT2D eigenvalue weighted by molar-refractivity contribution is 9.11. The molecule has 0 radical (unpaired) electrons. The lowest BCUT2D eigenvalue weighted by Crippen LogP contribution is -2.48. The van der Waals surface area contributed by atoms with Gasteiger partial charge in [-0.05, 0) is 65.5 Å². The maximum Gasteiger partial charge on any atom is 0.282 e. The zero-order valence-corrected chi connectivity index (χ0v) is 20.5. The number of hydrazone groups is 1. The van der Waals surface area contributed by atoms with Gasteiger partial charge in [0.05, 0.1) is 20.5 Å². The minimum absolute atomic E-state index is 0.0490. The van der Waals surface area contributed by atoms with Crippen LogP contribution < -0.4 is 10.4 Å². The molecule has 0 aliphatic carbocycles. The molecule has 3 heterocycles. The summed E-state index contributed by atoms with van der Waals surface area (Å²) in [5.41, 5.74) is 4.37. The molecule has 1 aromatic heterocycles. The number of thiophene rings is 1. The summed E-state index contributed by atoms with van der Waals surface area (Å²) in [7, 11) is 0. The lowest BCUT2D eigenvalue weighted by atomic mass is 9.91. The predicted molar refractivity (Wildman–Crippen MR) is 128 cm³/mol. The third kappa shape index (κ3) is 4.55. The van der Waals surface area contributed by atoms with Crippen molar-refractivity contribution in [1.29, 1.82) is 0 Å². The van der Waals surface area contributed by atoms with Gasteiger partial charge in [-0.25, -0.2) is 5.01 Å². The van der Waals surface area contributed by atoms with Gasteiger partial charge in [0.25, 0.3) is 5.91 Å². The van der Waals surface area contributed by atoms with Crippen molar-refractivity contribution in [1.82, 2.24) is 10.4 Å². The average Bonchev–Trinajstić information content (AvgIpc) is 3.32. The van der Waals surface area contributed by atoms with Crippen LogP contribution in [0.3, 0.4) is 0 Å². The van der Waals surface area contributed by atoms with Gasteiger partial charge < -0.3 is 0 Å². The molecule has 0 bridgehead atoms. The summed E-state index contributed by atoms with van der Waals surface area (Å²) in [5, 5.41) is 9.78. The molecule has 1 fully saturated rings. The maximum atomic E-state index is 13.2. The number of carbonyl (C=O) groups is 1. The van der Waals surface area contributed by atoms with Crippen molar-refractivity contribution in [3.05, 3.63) is 49.0 Å². The Morgan fingerprint density at radius 2 is 2.00 bits per heavy atom. The Morgan fingerprint density at radius 1 is 1.23 bits per heavy atom. The summed E-state index contributed by atoms with van der Waals surface area (Å²) in [6.07, 6.45) is 4.20. The Morgan fingerprint density at radius 3 is 2.63 bits per heavy atom. The number of amides is 1. The number of carbonyl (C=O) groups excluding carboxylic acids is 1. The molecule has 1 amide bonds. The summed E-state index contributed by atoms with van der Waals surface area (Å²) in [6.45, 7) is 3.85. The Kier molecular flexibility index (Phi) is 7.05. The third-order valence-corrected chi connectivity index (χ3v) is 7.77. The normalized spacial score (nSPS) is 22.3. The Labute approximate surface area is 199 Å². The molecule has 2 aliphatic rings. The minimum Gasteiger partial charge on any atom is -0.284 e. The molecular formula is C21H23BrCl2N4OS. The van der Waals surface area contributed by atoms with Gasteiger partial charge in [0.15, 0.2) is 0 Å². The lowest BCUT2D eigenvalue weighted by molar-refractivity contribution is -0.120. The fourth-order valence-corrected chi connectivity index (χ4v) is 6.16. The summed E-state index contributed by atoms with van der Waals surface area (Å²) in [6, 6.07) is 9.38. The van der Waals surface area contributed by atoms with E-state index in [1.807, 2.05) is 22.2 Å². The molecule has 2 atom stereocenters. The number of halogens is 3. The largest absolute Gasteiger partial charge is 0.284 e. The minimum atomic E-state index is -0.128. The Bertz CT molecular complexity index is 960. The van der Waals surface area contributed by atoms with E-state index in [1.165, 1.54) is 6.42 Å². The van der Waals surface area contributed by atoms with E-state index in [-0.39, 0.29) is 17.9 Å². The predicted octanol–water partition coefficient (Wildman–Crippen LogP) is 6.28. The molecule has 4 rings (SSSR count). The average molecular weight is 530 g/mol. The first-order chi connectivity index (χ1) is 14.5. The van der Waals surface area contributed by atoms with Crippen LogP contribution in [0.15, 0.2) is 39.2 Å². The van der Waals surface area contributed by atoms with Crippen LogP contribution in [0.5, 0.6) is 0 Å². The molecule has 30 heavy (non-hydrogen) atoms. The van der Waals surface area contributed by atoms with Gasteiger partial charge in [-0.1, -0.05) is 36.5 Å². The fraction of sp³-hybridized carbons (Fsp3) is 0.429. The Balaban J connectivity index is 1.70. The summed E-state index contributed by atoms with van der Waals surface area (Å²) >= 11 is 17.9. The topological polar surface area (TPSA) is 47.9 Å². The van der Waals surface area contributed by atoms with E-state index in [4.69, 9.17) is 28.3 Å². The van der Waals surface area contributed by atoms with Crippen LogP contribution in [0.25, 0.3) is 0 Å². The quantitative estimate of drug-likeness (QED) is 0.496. The Hall–Kier alpha value is -1.12. The molecular weight excluding hydrogens is 507 g/mol. The SMILES string of the molecule is CCC1C(C(=O)NN2CCCCC2)=NN(c2ccc(Cl)cc2Cl)C1c1ccc(Br)s1. The van der Waals surface area contributed by atoms with Crippen molar-refractivity contribution in [2.75, 3.05) is 18.1 Å². The van der Waals surface area contributed by atoms with Crippen molar-refractivity contribution in [2.24, 2.45) is 11.0 Å². The highest BCUT2D eigenvalue weighted by atomic mass is 79.9. The van der Waals surface area contributed by atoms with E-state index in [0.29, 0.717) is 15.8 Å². The summed E-state index contributed by atoms with van der Waals surface area (Å²) in [5.74, 6) is -0.177. The molecule has 160 valence electrons. The molecule has 1 N–H and O–H groups in total. The van der Waals surface area contributed by atoms with Gasteiger partial charge in [0, 0.05) is 28.9 Å². The van der Waals surface area contributed by atoms with Gasteiger partial charge in [-0.15, -0.1) is 11.3 Å². The molecule has 0 saturated carbocycles. The van der Waals surface area contributed by atoms with Crippen LogP contribution in [-0.4, -0.2) is 29.7 Å². The monoisotopic (exact) mass is 528 g/mol. The molecule has 1 saturated heterocycles. The van der Waals surface area contributed by atoms with E-state index >= 15 is 0 Å². The van der Waals surface area contributed by atoms with Crippen LogP contribution in [0.1, 0.15) is 43.5 Å². The second kappa shape index (κ2) is 9.57. The van der Waals surface area contributed by atoms with Crippen LogP contribution in [-0.2, 0) is 4.79 Å². The van der Waals surface area contributed by atoms with Crippen LogP contribution in [0, 0.1) is 5.92 Å². The smallest absolute Gasteiger partial charge is 0.282 e. The standard InChI is InChI=1S/C21H23BrCl2N4OS/c1-2-14-19(21(29)26-27-10-4-3-5-11-27)25-28(16-7-6-13(23)12-15(16)24)20(14)17-8-9-18(22)30-17/h6-9,12,14,20H,2-5,10-11H2,1H3,(H,26,29). The van der Waals surface area contributed by atoms with Gasteiger partial charge >= 0.3 is 0 Å². The van der Waals surface area contributed by atoms with Crippen LogP contribution in [0.4, 0.5) is 5.69 Å². The third-order valence-electron chi connectivity index (χ3n) is 5.54. The van der Waals surface area contributed by atoms with E-state index in [0.717, 1.165) is 46.7 Å². The zero-order chi connectivity index (χ0) is 21.3. The van der Waals surface area contributed by atoms with Crippen LogP contribution >= 0.6 is 50.5 Å². The maximum absolute atomic E-state index is 13.2. The second-order valence-corrected chi connectivity index (χ2v) is 10.9. The van der Waals surface area contributed by atoms with Gasteiger partial charge in [-0.2, -0.15) is 5.10 Å². The fourth-order valence-electron chi connectivity index (χ4n) is 4.09. The van der Waals surface area contributed by atoms with Crippen molar-refractivity contribution in [3.63, 3.8) is 0 Å². The highest BCUT2D eigenvalue weighted by Crippen LogP contribution is 2.46. The summed E-state index contributed by atoms with van der Waals surface area (Å²) < 4.78 is 1.04. The number of hydrazine groups is 1. The van der Waals surface area contributed by atoms with E-state index < -0.39 is 0 Å². The zero-order valence-electron chi connectivity index (χ0n) is 16.6. The second-order valence-electron chi connectivity index (χ2n) is 7.52. The first-order valence-electron chi connectivity index (χ1n) is 10.1. The van der Waals surface area contributed by atoms with E-state index in [9.17, 15) is 4.79 Å². The molecule has 9 heteroatoms. The number of hydrogen-bond acceptors (Lipinski definition) is 5. The molecule has 2 aliphatic heterocycles. The number of rotatable bonds is 5. The van der Waals surface area contributed by atoms with Crippen molar-refractivity contribution in [2.45, 2.75) is 38.6 Å². The lowest BCUT2D eigenvalue weighted by Gasteiger charge is -2.28. The molecule has 2 aromatic rings. The molecule has 5 nitrogen and oxygen atoms in total. The van der Waals surface area contributed by atoms with Gasteiger partial charge in [-0.3, -0.25) is 15.2 Å². The first-order valence-corrected chi connectivity index (χ1v) is 12.5. The first kappa shape index (κ1) is 22.1. The number of piperidine rings is 1. The van der Waals surface area contributed by atoms with Crippen molar-refractivity contribution >= 4 is 67.8 Å². The number of nitrogens with one attached hydrogen (secondary N) is 1. The van der Waals surface area contributed by atoms with Crippen molar-refractivity contribution < 1.29 is 4.79 Å².